The molecule has 158 valence electrons. The first kappa shape index (κ1) is 21.2. The molecule has 0 aliphatic heterocycles. The number of hydrogen-bond acceptors (Lipinski definition) is 5. The van der Waals surface area contributed by atoms with Crippen LogP contribution in [0.2, 0.25) is 0 Å². The summed E-state index contributed by atoms with van der Waals surface area (Å²) >= 11 is 0. The molecule has 7 N–H and O–H groups in total. The van der Waals surface area contributed by atoms with Crippen LogP contribution in [0.5, 0.6) is 0 Å². The number of nitrogens with two attached hydrogens (primary N) is 2. The fourth-order valence-electron chi connectivity index (χ4n) is 2.55. The van der Waals surface area contributed by atoms with Crippen LogP contribution in [0.25, 0.3) is 0 Å². The number of amides is 2. The van der Waals surface area contributed by atoms with E-state index in [1.807, 2.05) is 0 Å². The molecule has 3 aromatic rings. The first-order valence-electron chi connectivity index (χ1n) is 8.95. The molecule has 0 aliphatic rings. The summed E-state index contributed by atoms with van der Waals surface area (Å²) in [6.45, 7) is 0.0803. The number of guanidine groups is 1. The molecule has 1 aromatic heterocycles. The molecule has 1 heterocycles. The van der Waals surface area contributed by atoms with Crippen molar-refractivity contribution in [3.63, 3.8) is 0 Å². The first-order valence-corrected chi connectivity index (χ1v) is 8.95. The lowest BCUT2D eigenvalue weighted by atomic mass is 10.1. The third-order valence-electron chi connectivity index (χ3n) is 4.02. The van der Waals surface area contributed by atoms with Crippen molar-refractivity contribution in [3.8, 4) is 0 Å². The zero-order valence-corrected chi connectivity index (χ0v) is 16.1. The Hall–Kier alpha value is -4.54. The zero-order chi connectivity index (χ0) is 22.4. The van der Waals surface area contributed by atoms with Crippen molar-refractivity contribution in [2.45, 2.75) is 6.54 Å². The number of hydrogen-bond donors (Lipinski definition) is 5. The molecule has 2 aromatic carbocycles. The number of carbonyl (C=O) groups is 2. The van der Waals surface area contributed by atoms with Crippen LogP contribution in [0, 0.1) is 5.95 Å². The highest BCUT2D eigenvalue weighted by molar-refractivity contribution is 6.04. The highest BCUT2D eigenvalue weighted by Crippen LogP contribution is 2.15. The Balaban J connectivity index is 1.58. The van der Waals surface area contributed by atoms with Gasteiger partial charge in [0.1, 0.15) is 0 Å². The SMILES string of the molecule is NC(N)=Nc1ccc(C(=O)Nc2ccc(CNC(=O)c3nc(F)c[nH]c3=O)cc2)cc1. The van der Waals surface area contributed by atoms with E-state index in [1.54, 1.807) is 48.5 Å². The molecule has 0 fully saturated rings. The minimum Gasteiger partial charge on any atom is -0.370 e. The molecule has 0 saturated carbocycles. The van der Waals surface area contributed by atoms with E-state index in [1.165, 1.54) is 0 Å². The van der Waals surface area contributed by atoms with Crippen LogP contribution in [0.1, 0.15) is 26.4 Å². The van der Waals surface area contributed by atoms with Gasteiger partial charge in [-0.3, -0.25) is 14.4 Å². The molecule has 0 bridgehead atoms. The number of aliphatic imine (C=N–C) groups is 1. The monoisotopic (exact) mass is 423 g/mol. The van der Waals surface area contributed by atoms with E-state index in [4.69, 9.17) is 11.5 Å². The summed E-state index contributed by atoms with van der Waals surface area (Å²) < 4.78 is 13.1. The quantitative estimate of drug-likeness (QED) is 0.293. The van der Waals surface area contributed by atoms with E-state index in [0.29, 0.717) is 22.5 Å². The maximum atomic E-state index is 13.1. The normalized spacial score (nSPS) is 10.2. The van der Waals surface area contributed by atoms with Gasteiger partial charge in [0, 0.05) is 17.8 Å². The van der Waals surface area contributed by atoms with E-state index >= 15 is 0 Å². The van der Waals surface area contributed by atoms with Gasteiger partial charge in [-0.2, -0.15) is 4.39 Å². The fraction of sp³-hybridized carbons (Fsp3) is 0.0500. The molecule has 0 atom stereocenters. The van der Waals surface area contributed by atoms with Crippen LogP contribution in [0.3, 0.4) is 0 Å². The van der Waals surface area contributed by atoms with Gasteiger partial charge in [-0.1, -0.05) is 12.1 Å². The highest BCUT2D eigenvalue weighted by Gasteiger charge is 2.13. The molecule has 2 amide bonds. The average molecular weight is 423 g/mol. The molecule has 3 rings (SSSR count). The van der Waals surface area contributed by atoms with E-state index in [0.717, 1.165) is 6.20 Å². The van der Waals surface area contributed by atoms with Gasteiger partial charge in [0.05, 0.1) is 11.9 Å². The van der Waals surface area contributed by atoms with Gasteiger partial charge < -0.3 is 27.1 Å². The lowest BCUT2D eigenvalue weighted by Crippen LogP contribution is -2.31. The Morgan fingerprint density at radius 1 is 1.03 bits per heavy atom. The van der Waals surface area contributed by atoms with Crippen LogP contribution in [-0.2, 0) is 6.54 Å². The third kappa shape index (κ3) is 5.73. The molecule has 31 heavy (non-hydrogen) atoms. The van der Waals surface area contributed by atoms with Crippen molar-refractivity contribution < 1.29 is 14.0 Å². The van der Waals surface area contributed by atoms with Crippen LogP contribution in [0.4, 0.5) is 15.8 Å². The number of halogens is 1. The van der Waals surface area contributed by atoms with Crippen LogP contribution < -0.4 is 27.7 Å². The predicted octanol–water partition coefficient (Wildman–Crippen LogP) is 0.996. The molecule has 0 radical (unpaired) electrons. The summed E-state index contributed by atoms with van der Waals surface area (Å²) in [4.78, 5) is 45.2. The Morgan fingerprint density at radius 3 is 2.35 bits per heavy atom. The number of nitrogens with one attached hydrogen (secondary N) is 3. The van der Waals surface area contributed by atoms with Crippen molar-refractivity contribution in [1.29, 1.82) is 0 Å². The second-order valence-corrected chi connectivity index (χ2v) is 6.32. The number of anilines is 1. The van der Waals surface area contributed by atoms with Gasteiger partial charge in [0.25, 0.3) is 17.4 Å². The summed E-state index contributed by atoms with van der Waals surface area (Å²) in [5.74, 6) is -2.17. The summed E-state index contributed by atoms with van der Waals surface area (Å²) in [6, 6.07) is 13.1. The topological polar surface area (TPSA) is 168 Å². The number of aromatic amines is 1. The largest absolute Gasteiger partial charge is 0.370 e. The van der Waals surface area contributed by atoms with E-state index < -0.39 is 23.1 Å². The fourth-order valence-corrected chi connectivity index (χ4v) is 2.55. The van der Waals surface area contributed by atoms with Crippen LogP contribution >= 0.6 is 0 Å². The van der Waals surface area contributed by atoms with Gasteiger partial charge in [-0.05, 0) is 42.0 Å². The second-order valence-electron chi connectivity index (χ2n) is 6.32. The summed E-state index contributed by atoms with van der Waals surface area (Å²) in [7, 11) is 0. The van der Waals surface area contributed by atoms with Crippen molar-refractivity contribution in [2.24, 2.45) is 16.5 Å². The van der Waals surface area contributed by atoms with Crippen molar-refractivity contribution >= 4 is 29.1 Å². The van der Waals surface area contributed by atoms with E-state index in [-0.39, 0.29) is 18.4 Å². The molecular weight excluding hydrogens is 405 g/mol. The second kappa shape index (κ2) is 9.31. The third-order valence-corrected chi connectivity index (χ3v) is 4.02. The molecule has 0 spiro atoms. The standard InChI is InChI=1S/C20H18FN7O3/c21-15-10-25-19(31)16(28-15)18(30)24-9-11-1-5-13(6-2-11)26-17(29)12-3-7-14(8-4-12)27-20(22)23/h1-8,10H,9H2,(H,24,30)(H,25,31)(H,26,29)(H4,22,23,27). The van der Waals surface area contributed by atoms with Gasteiger partial charge in [-0.15, -0.1) is 0 Å². The molecule has 10 nitrogen and oxygen atoms in total. The number of carbonyl (C=O) groups excluding carboxylic acids is 2. The van der Waals surface area contributed by atoms with E-state index in [9.17, 15) is 18.8 Å². The van der Waals surface area contributed by atoms with Gasteiger partial charge in [0.2, 0.25) is 5.95 Å². The lowest BCUT2D eigenvalue weighted by Gasteiger charge is -2.08. The minimum atomic E-state index is -0.962. The van der Waals surface area contributed by atoms with Crippen molar-refractivity contribution in [1.82, 2.24) is 15.3 Å². The Bertz CT molecular complexity index is 1180. The molecule has 0 unspecified atom stereocenters. The Kier molecular flexibility index (Phi) is 6.36. The lowest BCUT2D eigenvalue weighted by molar-refractivity contribution is 0.0942. The van der Waals surface area contributed by atoms with Crippen LogP contribution in [-0.4, -0.2) is 27.7 Å². The highest BCUT2D eigenvalue weighted by atomic mass is 19.1. The molecular formula is C20H18FN7O3. The number of nitrogens with zero attached hydrogens (tertiary/aromatic N) is 2. The predicted molar refractivity (Wildman–Crippen MR) is 112 cm³/mol. The number of rotatable bonds is 6. The Morgan fingerprint density at radius 2 is 1.71 bits per heavy atom. The molecule has 0 aliphatic carbocycles. The molecule has 0 saturated heterocycles. The Labute approximate surface area is 175 Å². The summed E-state index contributed by atoms with van der Waals surface area (Å²) in [5, 5.41) is 5.23. The summed E-state index contributed by atoms with van der Waals surface area (Å²) in [5.41, 5.74) is 11.4. The minimum absolute atomic E-state index is 0.0764. The van der Waals surface area contributed by atoms with Crippen LogP contribution in [0.15, 0.2) is 64.5 Å². The van der Waals surface area contributed by atoms with Gasteiger partial charge in [0.15, 0.2) is 11.7 Å². The molecule has 11 heteroatoms. The van der Waals surface area contributed by atoms with E-state index in [2.05, 4.69) is 25.6 Å². The van der Waals surface area contributed by atoms with Crippen molar-refractivity contribution in [3.05, 3.63) is 87.9 Å². The zero-order valence-electron chi connectivity index (χ0n) is 16.1. The maximum absolute atomic E-state index is 13.1. The smallest absolute Gasteiger partial charge is 0.279 e. The number of H-pyrrole nitrogens is 1. The van der Waals surface area contributed by atoms with Gasteiger partial charge in [-0.25, -0.2) is 9.98 Å². The summed E-state index contributed by atoms with van der Waals surface area (Å²) in [6.07, 6.45) is 0.768. The average Bonchev–Trinajstić information content (AvgIpc) is 2.74. The number of benzene rings is 2. The van der Waals surface area contributed by atoms with Gasteiger partial charge >= 0.3 is 0 Å². The number of aromatic nitrogens is 2. The van der Waals surface area contributed by atoms with Crippen molar-refractivity contribution in [2.75, 3.05) is 5.32 Å². The first-order chi connectivity index (χ1) is 14.8. The maximum Gasteiger partial charge on any atom is 0.279 e.